The molecule has 17 heavy (non-hydrogen) atoms. The predicted molar refractivity (Wildman–Crippen MR) is 70.7 cm³/mol. The second-order valence-electron chi connectivity index (χ2n) is 3.83. The van der Waals surface area contributed by atoms with E-state index in [2.05, 4.69) is 20.5 Å². The Morgan fingerprint density at radius 3 is 2.71 bits per heavy atom. The van der Waals surface area contributed by atoms with Gasteiger partial charge in [0, 0.05) is 11.6 Å². The van der Waals surface area contributed by atoms with Crippen molar-refractivity contribution in [1.82, 2.24) is 15.2 Å². The normalized spacial score (nSPS) is 12.5. The van der Waals surface area contributed by atoms with E-state index in [-0.39, 0.29) is 6.04 Å². The molecule has 0 radical (unpaired) electrons. The van der Waals surface area contributed by atoms with E-state index in [4.69, 9.17) is 11.6 Å². The fourth-order valence-corrected chi connectivity index (χ4v) is 2.25. The van der Waals surface area contributed by atoms with E-state index in [1.54, 1.807) is 17.5 Å². The number of nitrogens with zero attached hydrogens (tertiary/aromatic N) is 3. The fourth-order valence-electron chi connectivity index (χ4n) is 1.43. The summed E-state index contributed by atoms with van der Waals surface area (Å²) >= 11 is 7.53. The zero-order valence-electron chi connectivity index (χ0n) is 9.86. The van der Waals surface area contributed by atoms with E-state index in [0.717, 1.165) is 22.0 Å². The zero-order chi connectivity index (χ0) is 12.4. The SMILES string of the molecule is Cc1c(Cl)nnc(NC(C)c2nccs2)c1C. The summed E-state index contributed by atoms with van der Waals surface area (Å²) < 4.78 is 0. The van der Waals surface area contributed by atoms with Gasteiger partial charge < -0.3 is 5.32 Å². The lowest BCUT2D eigenvalue weighted by Crippen LogP contribution is -2.10. The summed E-state index contributed by atoms with van der Waals surface area (Å²) in [5, 5.41) is 14.7. The van der Waals surface area contributed by atoms with Gasteiger partial charge in [-0.3, -0.25) is 0 Å². The number of hydrogen-bond acceptors (Lipinski definition) is 5. The van der Waals surface area contributed by atoms with E-state index in [1.807, 2.05) is 26.2 Å². The van der Waals surface area contributed by atoms with Crippen LogP contribution >= 0.6 is 22.9 Å². The molecule has 0 fully saturated rings. The number of aromatic nitrogens is 3. The molecular weight excluding hydrogens is 256 g/mol. The fraction of sp³-hybridized carbons (Fsp3) is 0.364. The summed E-state index contributed by atoms with van der Waals surface area (Å²) in [7, 11) is 0. The molecule has 2 rings (SSSR count). The highest BCUT2D eigenvalue weighted by Crippen LogP contribution is 2.25. The smallest absolute Gasteiger partial charge is 0.155 e. The van der Waals surface area contributed by atoms with E-state index >= 15 is 0 Å². The molecule has 2 aromatic heterocycles. The Morgan fingerprint density at radius 1 is 1.29 bits per heavy atom. The van der Waals surface area contributed by atoms with E-state index in [1.165, 1.54) is 0 Å². The summed E-state index contributed by atoms with van der Waals surface area (Å²) in [5.74, 6) is 0.759. The van der Waals surface area contributed by atoms with Crippen molar-refractivity contribution >= 4 is 28.8 Å². The third-order valence-corrected chi connectivity index (χ3v) is 3.96. The highest BCUT2D eigenvalue weighted by atomic mass is 35.5. The number of halogens is 1. The quantitative estimate of drug-likeness (QED) is 0.927. The van der Waals surface area contributed by atoms with Gasteiger partial charge in [-0.15, -0.1) is 21.5 Å². The van der Waals surface area contributed by atoms with Crippen molar-refractivity contribution in [3.8, 4) is 0 Å². The van der Waals surface area contributed by atoms with Crippen LogP contribution in [0.4, 0.5) is 5.82 Å². The lowest BCUT2D eigenvalue weighted by Gasteiger charge is -2.14. The Morgan fingerprint density at radius 2 is 2.06 bits per heavy atom. The first-order valence-corrected chi connectivity index (χ1v) is 6.50. The minimum atomic E-state index is 0.114. The minimum Gasteiger partial charge on any atom is -0.359 e. The first kappa shape index (κ1) is 12.3. The molecule has 0 aliphatic rings. The van der Waals surface area contributed by atoms with Crippen LogP contribution in [-0.2, 0) is 0 Å². The van der Waals surface area contributed by atoms with Crippen molar-refractivity contribution < 1.29 is 0 Å². The monoisotopic (exact) mass is 268 g/mol. The highest BCUT2D eigenvalue weighted by Gasteiger charge is 2.13. The Labute approximate surface area is 109 Å². The van der Waals surface area contributed by atoms with Crippen LogP contribution in [-0.4, -0.2) is 15.2 Å². The number of rotatable bonds is 3. The van der Waals surface area contributed by atoms with Crippen molar-refractivity contribution in [1.29, 1.82) is 0 Å². The molecule has 4 nitrogen and oxygen atoms in total. The van der Waals surface area contributed by atoms with Crippen LogP contribution in [0.15, 0.2) is 11.6 Å². The van der Waals surface area contributed by atoms with Crippen LogP contribution < -0.4 is 5.32 Å². The summed E-state index contributed by atoms with van der Waals surface area (Å²) in [6.07, 6.45) is 1.80. The number of anilines is 1. The van der Waals surface area contributed by atoms with Gasteiger partial charge in [-0.2, -0.15) is 0 Å². The molecule has 1 N–H and O–H groups in total. The molecule has 6 heteroatoms. The van der Waals surface area contributed by atoms with Gasteiger partial charge in [-0.1, -0.05) is 11.6 Å². The van der Waals surface area contributed by atoms with Gasteiger partial charge in [0.25, 0.3) is 0 Å². The van der Waals surface area contributed by atoms with Gasteiger partial charge in [-0.05, 0) is 31.9 Å². The first-order chi connectivity index (χ1) is 8.09. The zero-order valence-corrected chi connectivity index (χ0v) is 11.4. The van der Waals surface area contributed by atoms with Gasteiger partial charge in [0.1, 0.15) is 5.01 Å². The van der Waals surface area contributed by atoms with E-state index in [0.29, 0.717) is 5.15 Å². The molecule has 0 aliphatic heterocycles. The van der Waals surface area contributed by atoms with Gasteiger partial charge in [0.2, 0.25) is 0 Å². The molecule has 0 saturated carbocycles. The summed E-state index contributed by atoms with van der Waals surface area (Å²) in [5.41, 5.74) is 1.98. The van der Waals surface area contributed by atoms with Crippen molar-refractivity contribution in [2.45, 2.75) is 26.8 Å². The van der Waals surface area contributed by atoms with Crippen LogP contribution in [0.5, 0.6) is 0 Å². The topological polar surface area (TPSA) is 50.7 Å². The molecule has 2 heterocycles. The molecule has 0 aliphatic carbocycles. The number of hydrogen-bond donors (Lipinski definition) is 1. The molecule has 0 aromatic carbocycles. The van der Waals surface area contributed by atoms with Gasteiger partial charge in [0.15, 0.2) is 11.0 Å². The second-order valence-corrected chi connectivity index (χ2v) is 5.11. The molecule has 1 unspecified atom stereocenters. The Kier molecular flexibility index (Phi) is 3.59. The van der Waals surface area contributed by atoms with Crippen LogP contribution in [0, 0.1) is 13.8 Å². The van der Waals surface area contributed by atoms with Crippen molar-refractivity contribution in [2.75, 3.05) is 5.32 Å². The van der Waals surface area contributed by atoms with Gasteiger partial charge in [0.05, 0.1) is 6.04 Å². The van der Waals surface area contributed by atoms with Crippen LogP contribution in [0.2, 0.25) is 5.15 Å². The third-order valence-electron chi connectivity index (χ3n) is 2.64. The molecule has 0 spiro atoms. The predicted octanol–water partition coefficient (Wildman–Crippen LogP) is 3.38. The molecule has 1 atom stereocenters. The highest BCUT2D eigenvalue weighted by molar-refractivity contribution is 7.09. The van der Waals surface area contributed by atoms with Crippen LogP contribution in [0.1, 0.15) is 29.1 Å². The third kappa shape index (κ3) is 2.56. The maximum Gasteiger partial charge on any atom is 0.155 e. The van der Waals surface area contributed by atoms with Gasteiger partial charge >= 0.3 is 0 Å². The standard InChI is InChI=1S/C11H13ClN4S/c1-6-7(2)10(16-15-9(6)12)14-8(3)11-13-4-5-17-11/h4-5,8H,1-3H3,(H,14,16). The minimum absolute atomic E-state index is 0.114. The lowest BCUT2D eigenvalue weighted by atomic mass is 10.2. The number of thiazole rings is 1. The first-order valence-electron chi connectivity index (χ1n) is 5.25. The van der Waals surface area contributed by atoms with Crippen LogP contribution in [0.25, 0.3) is 0 Å². The van der Waals surface area contributed by atoms with Crippen molar-refractivity contribution in [2.24, 2.45) is 0 Å². The molecular formula is C11H13ClN4S. The maximum absolute atomic E-state index is 5.91. The molecule has 0 bridgehead atoms. The molecule has 0 amide bonds. The summed E-state index contributed by atoms with van der Waals surface area (Å²) in [6.45, 7) is 5.96. The average molecular weight is 269 g/mol. The maximum atomic E-state index is 5.91. The van der Waals surface area contributed by atoms with Crippen LogP contribution in [0.3, 0.4) is 0 Å². The summed E-state index contributed by atoms with van der Waals surface area (Å²) in [4.78, 5) is 4.26. The molecule has 2 aromatic rings. The average Bonchev–Trinajstić information content (AvgIpc) is 2.83. The molecule has 0 saturated heterocycles. The van der Waals surface area contributed by atoms with E-state index < -0.39 is 0 Å². The molecule has 90 valence electrons. The number of nitrogens with one attached hydrogen (secondary N) is 1. The Balaban J connectivity index is 2.22. The van der Waals surface area contributed by atoms with Gasteiger partial charge in [-0.25, -0.2) is 4.98 Å². The largest absolute Gasteiger partial charge is 0.359 e. The lowest BCUT2D eigenvalue weighted by molar-refractivity contribution is 0.842. The second kappa shape index (κ2) is 4.98. The van der Waals surface area contributed by atoms with Crippen molar-refractivity contribution in [3.63, 3.8) is 0 Å². The van der Waals surface area contributed by atoms with E-state index in [9.17, 15) is 0 Å². The van der Waals surface area contributed by atoms with Crippen molar-refractivity contribution in [3.05, 3.63) is 32.9 Å². The Hall–Kier alpha value is -1.20. The Bertz CT molecular complexity index is 512. The summed E-state index contributed by atoms with van der Waals surface area (Å²) in [6, 6.07) is 0.114.